The van der Waals surface area contributed by atoms with Gasteiger partial charge in [0.25, 0.3) is 0 Å². The zero-order valence-electron chi connectivity index (χ0n) is 18.9. The smallest absolute Gasteiger partial charge is 0.184 e. The Hall–Kier alpha value is -0.640. The normalized spacial score (nSPS) is 31.5. The van der Waals surface area contributed by atoms with Gasteiger partial charge in [0.2, 0.25) is 0 Å². The van der Waals surface area contributed by atoms with Crippen molar-refractivity contribution in [2.75, 3.05) is 0 Å². The van der Waals surface area contributed by atoms with Crippen molar-refractivity contribution in [3.05, 3.63) is 0 Å². The maximum absolute atomic E-state index is 5.67. The summed E-state index contributed by atoms with van der Waals surface area (Å²) in [6, 6.07) is 0. The Morgan fingerprint density at radius 1 is 0.897 bits per heavy atom. The summed E-state index contributed by atoms with van der Waals surface area (Å²) < 4.78 is 0. The summed E-state index contributed by atoms with van der Waals surface area (Å²) in [5.74, 6) is 2.60. The molecule has 0 amide bonds. The van der Waals surface area contributed by atoms with Gasteiger partial charge < -0.3 is 5.73 Å². The van der Waals surface area contributed by atoms with Crippen LogP contribution < -0.4 is 11.2 Å². The fourth-order valence-corrected chi connectivity index (χ4v) is 6.96. The average Bonchev–Trinajstić information content (AvgIpc) is 2.67. The van der Waals surface area contributed by atoms with Crippen molar-refractivity contribution in [2.24, 2.45) is 34.0 Å². The highest BCUT2D eigenvalue weighted by Crippen LogP contribution is 2.60. The fourth-order valence-electron chi connectivity index (χ4n) is 6.91. The number of thiocarbonyl (C=S) groups is 1. The van der Waals surface area contributed by atoms with Gasteiger partial charge in [-0.1, -0.05) is 84.0 Å². The highest BCUT2D eigenvalue weighted by Gasteiger charge is 2.54. The minimum Gasteiger partial charge on any atom is -0.375 e. The van der Waals surface area contributed by atoms with E-state index in [1.807, 2.05) is 0 Å². The SMILES string of the molecule is CCCCCCCCCCCCCCC12C[C@@H]3CC(C[C@@H](C3)C1)/C2=N\NC(N)=S. The van der Waals surface area contributed by atoms with Gasteiger partial charge in [0.05, 0.1) is 0 Å². The predicted octanol–water partition coefficient (Wildman–Crippen LogP) is 7.09. The summed E-state index contributed by atoms with van der Waals surface area (Å²) in [5.41, 5.74) is 10.4. The molecule has 4 saturated carbocycles. The summed E-state index contributed by atoms with van der Waals surface area (Å²) in [6.07, 6.45) is 25.3. The van der Waals surface area contributed by atoms with Crippen molar-refractivity contribution in [2.45, 2.75) is 122 Å². The summed E-state index contributed by atoms with van der Waals surface area (Å²) in [6.45, 7) is 2.29. The summed E-state index contributed by atoms with van der Waals surface area (Å²) >= 11 is 5.02. The molecule has 0 saturated heterocycles. The van der Waals surface area contributed by atoms with Crippen LogP contribution in [0.15, 0.2) is 5.10 Å². The lowest BCUT2D eigenvalue weighted by Gasteiger charge is -2.57. The zero-order chi connectivity index (χ0) is 20.5. The molecule has 4 bridgehead atoms. The molecule has 0 spiro atoms. The van der Waals surface area contributed by atoms with Gasteiger partial charge in [-0.2, -0.15) is 5.10 Å². The van der Waals surface area contributed by atoms with Crippen LogP contribution in [-0.4, -0.2) is 10.8 Å². The van der Waals surface area contributed by atoms with Crippen molar-refractivity contribution >= 4 is 23.0 Å². The number of nitrogens with one attached hydrogen (secondary N) is 1. The van der Waals surface area contributed by atoms with Gasteiger partial charge in [0.15, 0.2) is 5.11 Å². The monoisotopic (exact) mass is 419 g/mol. The van der Waals surface area contributed by atoms with Crippen molar-refractivity contribution in [3.8, 4) is 0 Å². The van der Waals surface area contributed by atoms with E-state index in [1.165, 1.54) is 121 Å². The third-order valence-electron chi connectivity index (χ3n) is 7.99. The van der Waals surface area contributed by atoms with E-state index >= 15 is 0 Å². The van der Waals surface area contributed by atoms with Gasteiger partial charge in [0.1, 0.15) is 0 Å². The molecule has 0 aromatic carbocycles. The molecule has 0 aromatic heterocycles. The van der Waals surface area contributed by atoms with Gasteiger partial charge >= 0.3 is 0 Å². The number of nitrogens with zero attached hydrogens (tertiary/aromatic N) is 1. The number of hydrogen-bond donors (Lipinski definition) is 2. The van der Waals surface area contributed by atoms with E-state index in [4.69, 9.17) is 23.1 Å². The van der Waals surface area contributed by atoms with E-state index in [0.717, 1.165) is 11.8 Å². The van der Waals surface area contributed by atoms with Crippen LogP contribution in [-0.2, 0) is 0 Å². The second kappa shape index (κ2) is 11.7. The molecule has 0 aliphatic heterocycles. The van der Waals surface area contributed by atoms with Crippen LogP contribution in [0.1, 0.15) is 122 Å². The fraction of sp³-hybridized carbons (Fsp3) is 0.920. The summed E-state index contributed by atoms with van der Waals surface area (Å²) in [4.78, 5) is 0. The predicted molar refractivity (Wildman–Crippen MR) is 129 cm³/mol. The third-order valence-corrected chi connectivity index (χ3v) is 8.08. The quantitative estimate of drug-likeness (QED) is 0.179. The Balaban J connectivity index is 1.33. The van der Waals surface area contributed by atoms with E-state index in [2.05, 4.69) is 12.3 Å². The number of unbranched alkanes of at least 4 members (excludes halogenated alkanes) is 11. The molecule has 4 rings (SSSR count). The minimum absolute atomic E-state index is 0.312. The van der Waals surface area contributed by atoms with Crippen molar-refractivity contribution in [1.29, 1.82) is 0 Å². The highest BCUT2D eigenvalue weighted by atomic mass is 32.1. The molecule has 2 unspecified atom stereocenters. The third kappa shape index (κ3) is 6.67. The van der Waals surface area contributed by atoms with Crippen LogP contribution in [0.5, 0.6) is 0 Å². The van der Waals surface area contributed by atoms with Crippen LogP contribution in [0.2, 0.25) is 0 Å². The minimum atomic E-state index is 0.312. The average molecular weight is 420 g/mol. The molecule has 4 aliphatic carbocycles. The van der Waals surface area contributed by atoms with Crippen LogP contribution in [0.4, 0.5) is 0 Å². The van der Waals surface area contributed by atoms with Gasteiger partial charge in [-0.3, -0.25) is 5.43 Å². The molecule has 4 heteroatoms. The molecule has 3 N–H and O–H groups in total. The second-order valence-electron chi connectivity index (χ2n) is 10.4. The van der Waals surface area contributed by atoms with E-state index < -0.39 is 0 Å². The Labute approximate surface area is 185 Å². The van der Waals surface area contributed by atoms with Crippen molar-refractivity contribution in [3.63, 3.8) is 0 Å². The van der Waals surface area contributed by atoms with Crippen molar-refractivity contribution < 1.29 is 0 Å². The molecule has 4 atom stereocenters. The number of rotatable bonds is 14. The van der Waals surface area contributed by atoms with Gasteiger partial charge in [0, 0.05) is 17.0 Å². The van der Waals surface area contributed by atoms with E-state index in [0.29, 0.717) is 16.4 Å². The number of hydrogen-bond acceptors (Lipinski definition) is 2. The van der Waals surface area contributed by atoms with Gasteiger partial charge in [-0.25, -0.2) is 0 Å². The first kappa shape index (κ1) is 23.0. The number of nitrogens with two attached hydrogens (primary N) is 1. The van der Waals surface area contributed by atoms with E-state index in [1.54, 1.807) is 0 Å². The highest BCUT2D eigenvalue weighted by molar-refractivity contribution is 7.80. The van der Waals surface area contributed by atoms with Gasteiger partial charge in [-0.15, -0.1) is 0 Å². The Morgan fingerprint density at radius 3 is 1.93 bits per heavy atom. The Kier molecular flexibility index (Phi) is 9.27. The second-order valence-corrected chi connectivity index (χ2v) is 10.9. The molecule has 166 valence electrons. The van der Waals surface area contributed by atoms with Crippen LogP contribution >= 0.6 is 12.2 Å². The lowest BCUT2D eigenvalue weighted by atomic mass is 9.47. The molecule has 4 fully saturated rings. The first-order valence-electron chi connectivity index (χ1n) is 12.8. The molecular formula is C25H45N3S. The molecule has 29 heavy (non-hydrogen) atoms. The summed E-state index contributed by atoms with van der Waals surface area (Å²) in [7, 11) is 0. The molecule has 4 aliphatic rings. The van der Waals surface area contributed by atoms with E-state index in [-0.39, 0.29) is 0 Å². The first-order valence-corrected chi connectivity index (χ1v) is 13.2. The van der Waals surface area contributed by atoms with Crippen LogP contribution in [0.3, 0.4) is 0 Å². The molecule has 0 heterocycles. The summed E-state index contributed by atoms with van der Waals surface area (Å²) in [5, 5.41) is 5.08. The van der Waals surface area contributed by atoms with Crippen LogP contribution in [0, 0.1) is 23.2 Å². The molecule has 0 aromatic rings. The lowest BCUT2D eigenvalue weighted by Crippen LogP contribution is -2.54. The van der Waals surface area contributed by atoms with Crippen LogP contribution in [0.25, 0.3) is 0 Å². The first-order chi connectivity index (χ1) is 14.1. The molecule has 0 radical (unpaired) electrons. The largest absolute Gasteiger partial charge is 0.375 e. The van der Waals surface area contributed by atoms with E-state index in [9.17, 15) is 0 Å². The topological polar surface area (TPSA) is 50.4 Å². The Bertz CT molecular complexity index is 530. The zero-order valence-corrected chi connectivity index (χ0v) is 19.7. The molecular weight excluding hydrogens is 374 g/mol. The van der Waals surface area contributed by atoms with Crippen molar-refractivity contribution in [1.82, 2.24) is 5.43 Å². The number of hydrazone groups is 1. The standard InChI is InChI=1S/C25H45N3S/c1-2-3-4-5-6-7-8-9-10-11-12-13-14-25-18-20-15-21(19-25)17-22(16-20)23(25)27-28-24(26)29/h20-22H,2-19H2,1H3,(H3,26,28,29)/b27-23+/t20-,21+,22?,25?. The maximum atomic E-state index is 5.67. The van der Waals surface area contributed by atoms with Gasteiger partial charge in [-0.05, 0) is 62.6 Å². The maximum Gasteiger partial charge on any atom is 0.184 e. The lowest BCUT2D eigenvalue weighted by molar-refractivity contribution is 0.0397. The molecule has 3 nitrogen and oxygen atoms in total. The Morgan fingerprint density at radius 2 is 1.41 bits per heavy atom.